The van der Waals surface area contributed by atoms with E-state index < -0.39 is 10.0 Å². The Morgan fingerprint density at radius 2 is 2.17 bits per heavy atom. The van der Waals surface area contributed by atoms with E-state index in [1.54, 1.807) is 18.2 Å². The molecule has 3 N–H and O–H groups in total. The summed E-state index contributed by atoms with van der Waals surface area (Å²) in [6.07, 6.45) is 1.39. The van der Waals surface area contributed by atoms with Crippen molar-refractivity contribution in [2.75, 3.05) is 26.2 Å². The van der Waals surface area contributed by atoms with E-state index in [1.165, 1.54) is 4.31 Å². The summed E-state index contributed by atoms with van der Waals surface area (Å²) < 4.78 is 27.3. The standard InChI is InChI=1S/C17H27N3O3S/c1-13(2)14-5-3-7-16(11-14)24(22,23)20-10-4-6-15(12-20)17(21)19-9-8-18/h3,5,7,11,13,15H,4,6,8-10,12,18H2,1-2H3,(H,19,21). The molecule has 0 saturated carbocycles. The number of nitrogens with one attached hydrogen (secondary N) is 1. The van der Waals surface area contributed by atoms with E-state index in [-0.39, 0.29) is 24.3 Å². The van der Waals surface area contributed by atoms with Crippen LogP contribution in [0.25, 0.3) is 0 Å². The third-order valence-electron chi connectivity index (χ3n) is 4.36. The Labute approximate surface area is 144 Å². The zero-order valence-electron chi connectivity index (χ0n) is 14.4. The highest BCUT2D eigenvalue weighted by Gasteiger charge is 2.33. The zero-order valence-corrected chi connectivity index (χ0v) is 15.2. The molecule has 7 heteroatoms. The van der Waals surface area contributed by atoms with Crippen LogP contribution in [0.2, 0.25) is 0 Å². The molecule has 1 saturated heterocycles. The number of nitrogens with zero attached hydrogens (tertiary/aromatic N) is 1. The van der Waals surface area contributed by atoms with Gasteiger partial charge in [0, 0.05) is 26.2 Å². The van der Waals surface area contributed by atoms with Crippen molar-refractivity contribution in [1.29, 1.82) is 0 Å². The van der Waals surface area contributed by atoms with Crippen molar-refractivity contribution in [2.45, 2.75) is 37.5 Å². The highest BCUT2D eigenvalue weighted by molar-refractivity contribution is 7.89. The number of sulfonamides is 1. The van der Waals surface area contributed by atoms with Crippen LogP contribution in [0.1, 0.15) is 38.2 Å². The molecule has 0 aromatic heterocycles. The number of hydrogen-bond acceptors (Lipinski definition) is 4. The van der Waals surface area contributed by atoms with Gasteiger partial charge >= 0.3 is 0 Å². The topological polar surface area (TPSA) is 92.5 Å². The number of piperidine rings is 1. The molecular formula is C17H27N3O3S. The maximum atomic E-state index is 12.9. The lowest BCUT2D eigenvalue weighted by molar-refractivity contribution is -0.126. The van der Waals surface area contributed by atoms with E-state index in [2.05, 4.69) is 5.32 Å². The van der Waals surface area contributed by atoms with Gasteiger partial charge in [0.1, 0.15) is 0 Å². The third-order valence-corrected chi connectivity index (χ3v) is 6.22. The summed E-state index contributed by atoms with van der Waals surface area (Å²) in [5.41, 5.74) is 6.39. The molecule has 1 atom stereocenters. The zero-order chi connectivity index (χ0) is 17.7. The summed E-state index contributed by atoms with van der Waals surface area (Å²) >= 11 is 0. The molecule has 0 bridgehead atoms. The molecule has 0 aliphatic carbocycles. The van der Waals surface area contributed by atoms with E-state index in [9.17, 15) is 13.2 Å². The molecule has 1 aromatic carbocycles. The normalized spacial score (nSPS) is 19.4. The average molecular weight is 353 g/mol. The fourth-order valence-electron chi connectivity index (χ4n) is 2.90. The van der Waals surface area contributed by atoms with Gasteiger partial charge in [0.25, 0.3) is 0 Å². The highest BCUT2D eigenvalue weighted by Crippen LogP contribution is 2.26. The van der Waals surface area contributed by atoms with Crippen LogP contribution in [0.5, 0.6) is 0 Å². The van der Waals surface area contributed by atoms with Gasteiger partial charge < -0.3 is 11.1 Å². The first kappa shape index (κ1) is 18.9. The summed E-state index contributed by atoms with van der Waals surface area (Å²) in [4.78, 5) is 12.4. The van der Waals surface area contributed by atoms with E-state index in [0.29, 0.717) is 37.4 Å². The summed E-state index contributed by atoms with van der Waals surface area (Å²) in [7, 11) is -3.58. The number of amides is 1. The van der Waals surface area contributed by atoms with Gasteiger partial charge in [0.2, 0.25) is 15.9 Å². The van der Waals surface area contributed by atoms with Gasteiger partial charge in [0.15, 0.2) is 0 Å². The lowest BCUT2D eigenvalue weighted by atomic mass is 9.99. The van der Waals surface area contributed by atoms with Crippen LogP contribution < -0.4 is 11.1 Å². The fraction of sp³-hybridized carbons (Fsp3) is 0.588. The predicted molar refractivity (Wildman–Crippen MR) is 94.1 cm³/mol. The Hall–Kier alpha value is -1.44. The average Bonchev–Trinajstić information content (AvgIpc) is 2.59. The monoisotopic (exact) mass is 353 g/mol. The molecule has 2 rings (SSSR count). The van der Waals surface area contributed by atoms with E-state index in [1.807, 2.05) is 19.9 Å². The van der Waals surface area contributed by atoms with E-state index >= 15 is 0 Å². The molecular weight excluding hydrogens is 326 g/mol. The second-order valence-corrected chi connectivity index (χ2v) is 8.45. The summed E-state index contributed by atoms with van der Waals surface area (Å²) in [5, 5.41) is 2.75. The minimum Gasteiger partial charge on any atom is -0.355 e. The Morgan fingerprint density at radius 1 is 1.42 bits per heavy atom. The maximum Gasteiger partial charge on any atom is 0.243 e. The molecule has 1 fully saturated rings. The van der Waals surface area contributed by atoms with Crippen LogP contribution in [0.15, 0.2) is 29.2 Å². The van der Waals surface area contributed by atoms with Gasteiger partial charge in [0.05, 0.1) is 10.8 Å². The van der Waals surface area contributed by atoms with E-state index in [4.69, 9.17) is 5.73 Å². The lowest BCUT2D eigenvalue weighted by Crippen LogP contribution is -2.46. The first-order valence-electron chi connectivity index (χ1n) is 8.44. The number of benzene rings is 1. The first-order valence-corrected chi connectivity index (χ1v) is 9.88. The smallest absolute Gasteiger partial charge is 0.243 e. The molecule has 0 spiro atoms. The van der Waals surface area contributed by atoms with Gasteiger partial charge in [-0.15, -0.1) is 0 Å². The molecule has 1 amide bonds. The van der Waals surface area contributed by atoms with Crippen LogP contribution in [0, 0.1) is 5.92 Å². The van der Waals surface area contributed by atoms with Crippen LogP contribution in [0.4, 0.5) is 0 Å². The molecule has 1 aromatic rings. The Bertz CT molecular complexity index is 673. The number of hydrogen-bond donors (Lipinski definition) is 2. The maximum absolute atomic E-state index is 12.9. The van der Waals surface area contributed by atoms with Gasteiger partial charge in [-0.1, -0.05) is 26.0 Å². The fourth-order valence-corrected chi connectivity index (χ4v) is 4.48. The number of carbonyl (C=O) groups is 1. The summed E-state index contributed by atoms with van der Waals surface area (Å²) in [6.45, 7) is 5.54. The van der Waals surface area contributed by atoms with Gasteiger partial charge in [-0.05, 0) is 36.5 Å². The lowest BCUT2D eigenvalue weighted by Gasteiger charge is -2.31. The molecule has 0 radical (unpaired) electrons. The Kier molecular flexibility index (Phi) is 6.37. The minimum absolute atomic E-state index is 0.115. The predicted octanol–water partition coefficient (Wildman–Crippen LogP) is 1.29. The second kappa shape index (κ2) is 8.09. The molecule has 1 unspecified atom stereocenters. The first-order chi connectivity index (χ1) is 11.4. The Balaban J connectivity index is 2.17. The van der Waals surface area contributed by atoms with Crippen LogP contribution >= 0.6 is 0 Å². The van der Waals surface area contributed by atoms with Gasteiger partial charge in [-0.2, -0.15) is 4.31 Å². The van der Waals surface area contributed by atoms with Crippen molar-refractivity contribution in [3.8, 4) is 0 Å². The number of rotatable bonds is 6. The molecule has 1 heterocycles. The number of carbonyl (C=O) groups excluding carboxylic acids is 1. The van der Waals surface area contributed by atoms with E-state index in [0.717, 1.165) is 5.56 Å². The van der Waals surface area contributed by atoms with Crippen LogP contribution in [-0.4, -0.2) is 44.8 Å². The van der Waals surface area contributed by atoms with Crippen molar-refractivity contribution in [3.05, 3.63) is 29.8 Å². The summed E-state index contributed by atoms with van der Waals surface area (Å²) in [6, 6.07) is 7.07. The summed E-state index contributed by atoms with van der Waals surface area (Å²) in [5.74, 6) is -0.166. The van der Waals surface area contributed by atoms with Crippen molar-refractivity contribution in [1.82, 2.24) is 9.62 Å². The molecule has 1 aliphatic heterocycles. The molecule has 1 aliphatic rings. The number of nitrogens with two attached hydrogens (primary N) is 1. The van der Waals surface area contributed by atoms with Gasteiger partial charge in [-0.3, -0.25) is 4.79 Å². The molecule has 134 valence electrons. The third kappa shape index (κ3) is 4.34. The van der Waals surface area contributed by atoms with Crippen molar-refractivity contribution in [2.24, 2.45) is 11.7 Å². The van der Waals surface area contributed by atoms with Crippen molar-refractivity contribution >= 4 is 15.9 Å². The quantitative estimate of drug-likeness (QED) is 0.806. The minimum atomic E-state index is -3.58. The largest absolute Gasteiger partial charge is 0.355 e. The van der Waals surface area contributed by atoms with Crippen molar-refractivity contribution in [3.63, 3.8) is 0 Å². The van der Waals surface area contributed by atoms with Crippen LogP contribution in [-0.2, 0) is 14.8 Å². The van der Waals surface area contributed by atoms with Gasteiger partial charge in [-0.25, -0.2) is 8.42 Å². The van der Waals surface area contributed by atoms with Crippen LogP contribution in [0.3, 0.4) is 0 Å². The molecule has 24 heavy (non-hydrogen) atoms. The Morgan fingerprint density at radius 3 is 2.83 bits per heavy atom. The highest BCUT2D eigenvalue weighted by atomic mass is 32.2. The SMILES string of the molecule is CC(C)c1cccc(S(=O)(=O)N2CCCC(C(=O)NCCN)C2)c1. The second-order valence-electron chi connectivity index (χ2n) is 6.51. The molecule has 6 nitrogen and oxygen atoms in total. The van der Waals surface area contributed by atoms with Crippen molar-refractivity contribution < 1.29 is 13.2 Å².